The lowest BCUT2D eigenvalue weighted by atomic mass is 10.1. The summed E-state index contributed by atoms with van der Waals surface area (Å²) in [6, 6.07) is 0. The molecule has 0 radical (unpaired) electrons. The molecule has 0 saturated carbocycles. The zero-order chi connectivity index (χ0) is 10.4. The number of carbonyl (C=O) groups is 2. The van der Waals surface area contributed by atoms with Gasteiger partial charge in [-0.1, -0.05) is 6.92 Å². The molecule has 0 aromatic carbocycles. The fraction of sp³-hybridized carbons (Fsp3) is 0.556. The van der Waals surface area contributed by atoms with Gasteiger partial charge in [0.1, 0.15) is 6.61 Å². The normalized spacial score (nSPS) is 11.2. The first kappa shape index (κ1) is 11.8. The Hall–Kier alpha value is -1.16. The van der Waals surface area contributed by atoms with Gasteiger partial charge in [-0.15, -0.1) is 0 Å². The fourth-order valence-electron chi connectivity index (χ4n) is 0.833. The highest BCUT2D eigenvalue weighted by atomic mass is 16.3. The highest BCUT2D eigenvalue weighted by Gasteiger charge is 2.15. The Balaban J connectivity index is 4.75. The molecule has 0 unspecified atom stereocenters. The topological polar surface area (TPSA) is 57.6 Å². The maximum Gasteiger partial charge on any atom is 0.193 e. The summed E-state index contributed by atoms with van der Waals surface area (Å²) in [7, 11) is 3.43. The highest BCUT2D eigenvalue weighted by molar-refractivity contribution is 6.20. The van der Waals surface area contributed by atoms with E-state index in [4.69, 9.17) is 5.11 Å². The first-order valence-electron chi connectivity index (χ1n) is 4.08. The van der Waals surface area contributed by atoms with Crippen molar-refractivity contribution in [1.82, 2.24) is 4.90 Å². The minimum Gasteiger partial charge on any atom is -0.388 e. The van der Waals surface area contributed by atoms with Gasteiger partial charge in [0.15, 0.2) is 11.6 Å². The third-order valence-corrected chi connectivity index (χ3v) is 1.45. The average molecular weight is 185 g/mol. The van der Waals surface area contributed by atoms with Crippen molar-refractivity contribution in [2.45, 2.75) is 13.3 Å². The van der Waals surface area contributed by atoms with Gasteiger partial charge in [0.05, 0.1) is 5.57 Å². The van der Waals surface area contributed by atoms with Crippen LogP contribution in [0.4, 0.5) is 0 Å². The molecule has 0 saturated heterocycles. The van der Waals surface area contributed by atoms with E-state index in [0.717, 1.165) is 0 Å². The van der Waals surface area contributed by atoms with E-state index >= 15 is 0 Å². The largest absolute Gasteiger partial charge is 0.388 e. The van der Waals surface area contributed by atoms with E-state index < -0.39 is 12.4 Å². The molecule has 0 heterocycles. The Labute approximate surface area is 77.8 Å². The van der Waals surface area contributed by atoms with Crippen molar-refractivity contribution >= 4 is 11.6 Å². The summed E-state index contributed by atoms with van der Waals surface area (Å²) in [5.74, 6) is -0.770. The molecule has 0 aromatic heterocycles. The van der Waals surface area contributed by atoms with Gasteiger partial charge in [-0.3, -0.25) is 9.59 Å². The van der Waals surface area contributed by atoms with E-state index in [1.165, 1.54) is 6.20 Å². The van der Waals surface area contributed by atoms with Crippen LogP contribution < -0.4 is 0 Å². The van der Waals surface area contributed by atoms with Gasteiger partial charge in [0.2, 0.25) is 0 Å². The summed E-state index contributed by atoms with van der Waals surface area (Å²) in [6.07, 6.45) is 1.70. The minimum atomic E-state index is -0.620. The number of hydrogen-bond acceptors (Lipinski definition) is 4. The summed E-state index contributed by atoms with van der Waals surface area (Å²) in [5, 5.41) is 8.60. The van der Waals surface area contributed by atoms with Crippen LogP contribution in [0.25, 0.3) is 0 Å². The Morgan fingerprint density at radius 1 is 1.31 bits per heavy atom. The predicted octanol–water partition coefficient (Wildman–Crippen LogP) is -0.0276. The first-order chi connectivity index (χ1) is 6.02. The monoisotopic (exact) mass is 185 g/mol. The third-order valence-electron chi connectivity index (χ3n) is 1.45. The van der Waals surface area contributed by atoms with Crippen LogP contribution in [-0.4, -0.2) is 42.3 Å². The van der Waals surface area contributed by atoms with Crippen LogP contribution in [0, 0.1) is 0 Å². The summed E-state index contributed by atoms with van der Waals surface area (Å²) in [4.78, 5) is 23.9. The molecule has 0 aliphatic heterocycles. The zero-order valence-corrected chi connectivity index (χ0v) is 8.20. The smallest absolute Gasteiger partial charge is 0.193 e. The molecule has 0 aliphatic carbocycles. The van der Waals surface area contributed by atoms with Crippen molar-refractivity contribution in [2.75, 3.05) is 20.7 Å². The maximum atomic E-state index is 11.2. The summed E-state index contributed by atoms with van der Waals surface area (Å²) >= 11 is 0. The fourth-order valence-corrected chi connectivity index (χ4v) is 0.833. The van der Waals surface area contributed by atoms with Crippen molar-refractivity contribution in [3.8, 4) is 0 Å². The van der Waals surface area contributed by atoms with Crippen LogP contribution in [0.2, 0.25) is 0 Å². The molecule has 4 heteroatoms. The van der Waals surface area contributed by atoms with Crippen molar-refractivity contribution < 1.29 is 14.7 Å². The van der Waals surface area contributed by atoms with Crippen molar-refractivity contribution in [1.29, 1.82) is 0 Å². The number of hydrogen-bond donors (Lipinski definition) is 1. The quantitative estimate of drug-likeness (QED) is 0.371. The van der Waals surface area contributed by atoms with Gasteiger partial charge in [-0.05, 0) is 0 Å². The minimum absolute atomic E-state index is 0.0648. The highest BCUT2D eigenvalue weighted by Crippen LogP contribution is 2.02. The van der Waals surface area contributed by atoms with Gasteiger partial charge in [-0.25, -0.2) is 0 Å². The van der Waals surface area contributed by atoms with Crippen molar-refractivity contribution in [3.05, 3.63) is 11.8 Å². The predicted molar refractivity (Wildman–Crippen MR) is 49.2 cm³/mol. The van der Waals surface area contributed by atoms with Gasteiger partial charge >= 0.3 is 0 Å². The number of aliphatic hydroxyl groups excluding tert-OH is 1. The molecule has 0 atom stereocenters. The molecule has 0 fully saturated rings. The van der Waals surface area contributed by atoms with E-state index in [2.05, 4.69) is 0 Å². The van der Waals surface area contributed by atoms with Crippen LogP contribution in [0.15, 0.2) is 11.8 Å². The van der Waals surface area contributed by atoms with Crippen LogP contribution in [0.3, 0.4) is 0 Å². The van der Waals surface area contributed by atoms with Gasteiger partial charge in [0.25, 0.3) is 0 Å². The molecule has 0 bridgehead atoms. The van der Waals surface area contributed by atoms with Crippen molar-refractivity contribution in [3.63, 3.8) is 0 Å². The molecule has 0 rings (SSSR count). The Kier molecular flexibility index (Phi) is 4.99. The second-order valence-corrected chi connectivity index (χ2v) is 2.86. The molecular weight excluding hydrogens is 170 g/mol. The number of aliphatic hydroxyl groups is 1. The molecule has 0 aromatic rings. The zero-order valence-electron chi connectivity index (χ0n) is 8.20. The number of ketones is 2. The summed E-state index contributed by atoms with van der Waals surface area (Å²) in [6.45, 7) is 1.06. The number of carbonyl (C=O) groups excluding carboxylic acids is 2. The lowest BCUT2D eigenvalue weighted by Crippen LogP contribution is -2.18. The van der Waals surface area contributed by atoms with E-state index in [-0.39, 0.29) is 17.8 Å². The first-order valence-corrected chi connectivity index (χ1v) is 4.08. The molecule has 0 amide bonds. The number of nitrogens with zero attached hydrogens (tertiary/aromatic N) is 1. The Morgan fingerprint density at radius 2 is 1.85 bits per heavy atom. The third kappa shape index (κ3) is 3.85. The Bertz CT molecular complexity index is 213. The van der Waals surface area contributed by atoms with Crippen LogP contribution in [0.5, 0.6) is 0 Å². The van der Waals surface area contributed by atoms with E-state index in [1.807, 2.05) is 0 Å². The van der Waals surface area contributed by atoms with Gasteiger partial charge in [0, 0.05) is 26.7 Å². The second-order valence-electron chi connectivity index (χ2n) is 2.86. The average Bonchev–Trinajstić information content (AvgIpc) is 2.11. The lowest BCUT2D eigenvalue weighted by Gasteiger charge is -2.08. The SMILES string of the molecule is CCC(=O)/C(=C/N(C)C)C(=O)CO. The standard InChI is InChI=1S/C9H15NO3/c1-4-8(12)7(5-10(2)3)9(13)6-11/h5,11H,4,6H2,1-3H3/b7-5-. The molecule has 74 valence electrons. The van der Waals surface area contributed by atoms with Crippen LogP contribution in [0.1, 0.15) is 13.3 Å². The van der Waals surface area contributed by atoms with E-state index in [1.54, 1.807) is 25.9 Å². The van der Waals surface area contributed by atoms with E-state index in [9.17, 15) is 9.59 Å². The van der Waals surface area contributed by atoms with Crippen LogP contribution in [-0.2, 0) is 9.59 Å². The lowest BCUT2D eigenvalue weighted by molar-refractivity contribution is -0.123. The molecule has 4 nitrogen and oxygen atoms in total. The molecular formula is C9H15NO3. The maximum absolute atomic E-state index is 11.2. The summed E-state index contributed by atoms with van der Waals surface area (Å²) < 4.78 is 0. The molecule has 1 N–H and O–H groups in total. The summed E-state index contributed by atoms with van der Waals surface area (Å²) in [5.41, 5.74) is 0.0648. The van der Waals surface area contributed by atoms with Crippen molar-refractivity contribution in [2.24, 2.45) is 0 Å². The molecule has 13 heavy (non-hydrogen) atoms. The molecule has 0 spiro atoms. The second kappa shape index (κ2) is 5.48. The number of Topliss-reactive ketones (excluding diaryl/α,β-unsaturated/α-hetero) is 2. The Morgan fingerprint density at radius 3 is 2.15 bits per heavy atom. The van der Waals surface area contributed by atoms with E-state index in [0.29, 0.717) is 0 Å². The molecule has 0 aliphatic rings. The van der Waals surface area contributed by atoms with Gasteiger partial charge < -0.3 is 10.0 Å². The van der Waals surface area contributed by atoms with Gasteiger partial charge in [-0.2, -0.15) is 0 Å². The van der Waals surface area contributed by atoms with Crippen LogP contribution >= 0.6 is 0 Å². The number of rotatable bonds is 5.